The van der Waals surface area contributed by atoms with E-state index in [1.807, 2.05) is 62.4 Å². The third-order valence-electron chi connectivity index (χ3n) is 3.50. The molecule has 0 aliphatic heterocycles. The van der Waals surface area contributed by atoms with Gasteiger partial charge in [0.15, 0.2) is 0 Å². The van der Waals surface area contributed by atoms with Crippen molar-refractivity contribution >= 4 is 11.7 Å². The number of aliphatic hydroxyl groups excluding tert-OH is 1. The molecule has 2 N–H and O–H groups in total. The second kappa shape index (κ2) is 7.61. The first kappa shape index (κ1) is 16.0. The zero-order valence-corrected chi connectivity index (χ0v) is 13.0. The van der Waals surface area contributed by atoms with Crippen molar-refractivity contribution in [1.82, 2.24) is 4.90 Å². The predicted octanol–water partition coefficient (Wildman–Crippen LogP) is 3.33. The minimum Gasteiger partial charge on any atom is -0.395 e. The van der Waals surface area contributed by atoms with Crippen LogP contribution in [0.15, 0.2) is 48.5 Å². The molecule has 0 atom stereocenters. The Bertz CT molecular complexity index is 626. The number of nitrogens with one attached hydrogen (secondary N) is 1. The summed E-state index contributed by atoms with van der Waals surface area (Å²) in [5, 5.41) is 12.1. The van der Waals surface area contributed by atoms with Crippen LogP contribution in [0.2, 0.25) is 0 Å². The number of carbonyl (C=O) groups is 1. The topological polar surface area (TPSA) is 52.6 Å². The number of benzene rings is 2. The van der Waals surface area contributed by atoms with Crippen molar-refractivity contribution in [3.63, 3.8) is 0 Å². The van der Waals surface area contributed by atoms with Gasteiger partial charge in [-0.1, -0.05) is 48.0 Å². The number of carbonyl (C=O) groups excluding carboxylic acids is 1. The maximum absolute atomic E-state index is 12.4. The van der Waals surface area contributed by atoms with Gasteiger partial charge in [0.1, 0.15) is 0 Å². The number of urea groups is 1. The molecule has 2 rings (SSSR count). The van der Waals surface area contributed by atoms with Crippen molar-refractivity contribution in [3.8, 4) is 0 Å². The molecule has 0 fully saturated rings. The second-order valence-electron chi connectivity index (χ2n) is 5.38. The molecule has 0 spiro atoms. The van der Waals surface area contributed by atoms with E-state index in [9.17, 15) is 9.90 Å². The highest BCUT2D eigenvalue weighted by atomic mass is 16.3. The van der Waals surface area contributed by atoms with Gasteiger partial charge in [-0.05, 0) is 31.0 Å². The predicted molar refractivity (Wildman–Crippen MR) is 88.9 cm³/mol. The largest absolute Gasteiger partial charge is 0.395 e. The third-order valence-corrected chi connectivity index (χ3v) is 3.50. The number of nitrogens with zero attached hydrogens (tertiary/aromatic N) is 1. The zero-order valence-electron chi connectivity index (χ0n) is 13.0. The van der Waals surface area contributed by atoms with Crippen LogP contribution in [0, 0.1) is 13.8 Å². The Morgan fingerprint density at radius 1 is 1.14 bits per heavy atom. The van der Waals surface area contributed by atoms with E-state index in [1.165, 1.54) is 0 Å². The number of hydrogen-bond donors (Lipinski definition) is 2. The van der Waals surface area contributed by atoms with Gasteiger partial charge in [-0.15, -0.1) is 0 Å². The second-order valence-corrected chi connectivity index (χ2v) is 5.38. The first-order valence-corrected chi connectivity index (χ1v) is 7.38. The molecule has 116 valence electrons. The highest BCUT2D eigenvalue weighted by Crippen LogP contribution is 2.17. The molecule has 0 bridgehead atoms. The minimum atomic E-state index is -0.204. The van der Waals surface area contributed by atoms with Crippen LogP contribution >= 0.6 is 0 Å². The molecule has 2 amide bonds. The molecule has 0 aliphatic carbocycles. The van der Waals surface area contributed by atoms with E-state index in [1.54, 1.807) is 4.90 Å². The van der Waals surface area contributed by atoms with E-state index in [4.69, 9.17) is 0 Å². The van der Waals surface area contributed by atoms with Gasteiger partial charge < -0.3 is 15.3 Å². The van der Waals surface area contributed by atoms with Crippen LogP contribution in [0.4, 0.5) is 10.5 Å². The number of aliphatic hydroxyl groups is 1. The van der Waals surface area contributed by atoms with Crippen LogP contribution in [0.5, 0.6) is 0 Å². The summed E-state index contributed by atoms with van der Waals surface area (Å²) in [6.45, 7) is 4.69. The Hall–Kier alpha value is -2.33. The monoisotopic (exact) mass is 298 g/mol. The van der Waals surface area contributed by atoms with Crippen LogP contribution in [0.1, 0.15) is 16.7 Å². The summed E-state index contributed by atoms with van der Waals surface area (Å²) >= 11 is 0. The maximum atomic E-state index is 12.4. The normalized spacial score (nSPS) is 10.3. The lowest BCUT2D eigenvalue weighted by Gasteiger charge is -2.23. The molecular weight excluding hydrogens is 276 g/mol. The minimum absolute atomic E-state index is 0.0624. The first-order valence-electron chi connectivity index (χ1n) is 7.38. The molecule has 2 aromatic rings. The summed E-state index contributed by atoms with van der Waals surface area (Å²) in [6, 6.07) is 15.5. The number of amides is 2. The average Bonchev–Trinajstić information content (AvgIpc) is 2.50. The van der Waals surface area contributed by atoms with Gasteiger partial charge >= 0.3 is 6.03 Å². The van der Waals surface area contributed by atoms with Gasteiger partial charge in [0.2, 0.25) is 0 Å². The van der Waals surface area contributed by atoms with Crippen LogP contribution < -0.4 is 5.32 Å². The van der Waals surface area contributed by atoms with Gasteiger partial charge in [0, 0.05) is 18.8 Å². The van der Waals surface area contributed by atoms with E-state index < -0.39 is 0 Å². The average molecular weight is 298 g/mol. The van der Waals surface area contributed by atoms with Crippen molar-refractivity contribution < 1.29 is 9.90 Å². The Balaban J connectivity index is 2.09. The third kappa shape index (κ3) is 4.33. The summed E-state index contributed by atoms with van der Waals surface area (Å²) in [5.74, 6) is 0. The van der Waals surface area contributed by atoms with Crippen molar-refractivity contribution in [2.24, 2.45) is 0 Å². The molecule has 2 aromatic carbocycles. The lowest BCUT2D eigenvalue weighted by molar-refractivity contribution is 0.185. The summed E-state index contributed by atoms with van der Waals surface area (Å²) in [7, 11) is 0. The van der Waals surface area contributed by atoms with Gasteiger partial charge in [0.05, 0.1) is 6.61 Å². The Labute approximate surface area is 131 Å². The fourth-order valence-corrected chi connectivity index (χ4v) is 2.33. The van der Waals surface area contributed by atoms with Crippen LogP contribution in [-0.4, -0.2) is 29.2 Å². The van der Waals surface area contributed by atoms with Crippen molar-refractivity contribution in [2.75, 3.05) is 18.5 Å². The fraction of sp³-hybridized carbons (Fsp3) is 0.278. The fourth-order valence-electron chi connectivity index (χ4n) is 2.33. The molecule has 0 aromatic heterocycles. The zero-order chi connectivity index (χ0) is 15.9. The number of aryl methyl sites for hydroxylation is 2. The molecule has 4 heteroatoms. The SMILES string of the molecule is Cc1ccc(NC(=O)N(CCO)Cc2ccccc2)c(C)c1. The summed E-state index contributed by atoms with van der Waals surface area (Å²) in [5.41, 5.74) is 4.02. The van der Waals surface area contributed by atoms with Crippen molar-refractivity contribution in [1.29, 1.82) is 0 Å². The molecule has 0 radical (unpaired) electrons. The number of hydrogen-bond acceptors (Lipinski definition) is 2. The molecule has 0 saturated carbocycles. The lowest BCUT2D eigenvalue weighted by atomic mass is 10.1. The molecule has 0 heterocycles. The van der Waals surface area contributed by atoms with Crippen LogP contribution in [-0.2, 0) is 6.54 Å². The Morgan fingerprint density at radius 2 is 1.86 bits per heavy atom. The Morgan fingerprint density at radius 3 is 2.50 bits per heavy atom. The lowest BCUT2D eigenvalue weighted by Crippen LogP contribution is -2.36. The van der Waals surface area contributed by atoms with Gasteiger partial charge in [-0.2, -0.15) is 0 Å². The van der Waals surface area contributed by atoms with Crippen LogP contribution in [0.25, 0.3) is 0 Å². The maximum Gasteiger partial charge on any atom is 0.322 e. The van der Waals surface area contributed by atoms with Crippen molar-refractivity contribution in [3.05, 3.63) is 65.2 Å². The van der Waals surface area contributed by atoms with Gasteiger partial charge in [0.25, 0.3) is 0 Å². The first-order chi connectivity index (χ1) is 10.6. The van der Waals surface area contributed by atoms with E-state index >= 15 is 0 Å². The quantitative estimate of drug-likeness (QED) is 0.889. The summed E-state index contributed by atoms with van der Waals surface area (Å²) in [4.78, 5) is 14.1. The standard InChI is InChI=1S/C18H22N2O2/c1-14-8-9-17(15(2)12-14)19-18(22)20(10-11-21)13-16-6-4-3-5-7-16/h3-9,12,21H,10-11,13H2,1-2H3,(H,19,22). The van der Waals surface area contributed by atoms with Crippen molar-refractivity contribution in [2.45, 2.75) is 20.4 Å². The van der Waals surface area contributed by atoms with E-state index in [0.29, 0.717) is 13.1 Å². The highest BCUT2D eigenvalue weighted by molar-refractivity contribution is 5.90. The molecule has 0 aliphatic rings. The smallest absolute Gasteiger partial charge is 0.322 e. The van der Waals surface area contributed by atoms with E-state index in [2.05, 4.69) is 5.32 Å². The van der Waals surface area contributed by atoms with E-state index in [-0.39, 0.29) is 12.6 Å². The number of anilines is 1. The molecule has 22 heavy (non-hydrogen) atoms. The van der Waals surface area contributed by atoms with Crippen LogP contribution in [0.3, 0.4) is 0 Å². The molecular formula is C18H22N2O2. The molecule has 0 saturated heterocycles. The summed E-state index contributed by atoms with van der Waals surface area (Å²) < 4.78 is 0. The summed E-state index contributed by atoms with van der Waals surface area (Å²) in [6.07, 6.45) is 0. The molecule has 0 unspecified atom stereocenters. The Kier molecular flexibility index (Phi) is 5.55. The highest BCUT2D eigenvalue weighted by Gasteiger charge is 2.14. The number of rotatable bonds is 5. The van der Waals surface area contributed by atoms with Gasteiger partial charge in [-0.25, -0.2) is 4.79 Å². The molecule has 4 nitrogen and oxygen atoms in total. The van der Waals surface area contributed by atoms with Gasteiger partial charge in [-0.3, -0.25) is 0 Å². The van der Waals surface area contributed by atoms with E-state index in [0.717, 1.165) is 22.4 Å².